The van der Waals surface area contributed by atoms with Gasteiger partial charge in [0.05, 0.1) is 17.7 Å². The van der Waals surface area contributed by atoms with Crippen LogP contribution in [0, 0.1) is 5.92 Å². The Morgan fingerprint density at radius 1 is 1.11 bits per heavy atom. The second-order valence-corrected chi connectivity index (χ2v) is 7.37. The number of carboxylic acid groups (broad SMARTS) is 1. The molecule has 0 unspecified atom stereocenters. The maximum atomic E-state index is 12.3. The van der Waals surface area contributed by atoms with E-state index in [1.54, 1.807) is 30.5 Å². The monoisotopic (exact) mass is 366 g/mol. The highest BCUT2D eigenvalue weighted by Gasteiger charge is 2.21. The van der Waals surface area contributed by atoms with E-state index in [9.17, 15) is 9.59 Å². The van der Waals surface area contributed by atoms with E-state index in [4.69, 9.17) is 5.11 Å². The molecule has 0 radical (unpaired) electrons. The van der Waals surface area contributed by atoms with Crippen LogP contribution < -0.4 is 5.32 Å². The average molecular weight is 366 g/mol. The maximum absolute atomic E-state index is 12.3. The van der Waals surface area contributed by atoms with Gasteiger partial charge >= 0.3 is 5.97 Å². The third kappa shape index (κ3) is 5.16. The van der Waals surface area contributed by atoms with Crippen molar-refractivity contribution >= 4 is 11.9 Å². The Morgan fingerprint density at radius 3 is 2.41 bits per heavy atom. The van der Waals surface area contributed by atoms with Gasteiger partial charge in [-0.1, -0.05) is 37.5 Å². The number of carboxylic acids is 1. The molecule has 1 atom stereocenters. The number of pyridine rings is 1. The van der Waals surface area contributed by atoms with E-state index in [1.165, 1.54) is 32.1 Å². The van der Waals surface area contributed by atoms with Crippen molar-refractivity contribution < 1.29 is 14.7 Å². The Labute approximate surface area is 159 Å². The first-order valence-corrected chi connectivity index (χ1v) is 9.61. The molecule has 27 heavy (non-hydrogen) atoms. The Kier molecular flexibility index (Phi) is 6.22. The molecule has 0 spiro atoms. The molecule has 1 aromatic carbocycles. The highest BCUT2D eigenvalue weighted by Crippen LogP contribution is 2.26. The van der Waals surface area contributed by atoms with Crippen LogP contribution in [0.15, 0.2) is 42.6 Å². The molecule has 3 rings (SSSR count). The zero-order valence-electron chi connectivity index (χ0n) is 15.6. The summed E-state index contributed by atoms with van der Waals surface area (Å²) in [4.78, 5) is 27.7. The summed E-state index contributed by atoms with van der Waals surface area (Å²) in [6.07, 6.45) is 8.30. The van der Waals surface area contributed by atoms with Crippen LogP contribution in [0.3, 0.4) is 0 Å². The average Bonchev–Trinajstić information content (AvgIpc) is 2.69. The first-order valence-electron chi connectivity index (χ1n) is 9.61. The second-order valence-electron chi connectivity index (χ2n) is 7.37. The van der Waals surface area contributed by atoms with Gasteiger partial charge in [0.25, 0.3) is 0 Å². The third-order valence-electron chi connectivity index (χ3n) is 5.36. The topological polar surface area (TPSA) is 79.3 Å². The molecule has 1 fully saturated rings. The number of hydrogen-bond acceptors (Lipinski definition) is 3. The number of nitrogens with one attached hydrogen (secondary N) is 1. The lowest BCUT2D eigenvalue weighted by Gasteiger charge is -2.28. The molecule has 1 amide bonds. The Balaban J connectivity index is 1.56. The number of aromatic carboxylic acids is 1. The zero-order valence-corrected chi connectivity index (χ0v) is 15.6. The summed E-state index contributed by atoms with van der Waals surface area (Å²) in [5, 5.41) is 12.1. The SMILES string of the molecule is C[C@@H](NC(=O)Cc1ccc(-c2ccc(C(=O)O)cc2)nc1)C1CCCCC1. The summed E-state index contributed by atoms with van der Waals surface area (Å²) in [7, 11) is 0. The standard InChI is InChI=1S/C22H26N2O3/c1-15(17-5-3-2-4-6-17)24-21(25)13-16-7-12-20(23-14-16)18-8-10-19(11-9-18)22(26)27/h7-12,14-15,17H,2-6,13H2,1H3,(H,24,25)(H,26,27)/t15-/m1/s1. The van der Waals surface area contributed by atoms with E-state index in [1.807, 2.05) is 12.1 Å². The molecular weight excluding hydrogens is 340 g/mol. The predicted octanol–water partition coefficient (Wildman–Crippen LogP) is 4.07. The Hall–Kier alpha value is -2.69. The largest absolute Gasteiger partial charge is 0.478 e. The lowest BCUT2D eigenvalue weighted by atomic mass is 9.84. The van der Waals surface area contributed by atoms with Crippen LogP contribution in [0.5, 0.6) is 0 Å². The van der Waals surface area contributed by atoms with E-state index < -0.39 is 5.97 Å². The number of carbonyl (C=O) groups excluding carboxylic acids is 1. The first-order chi connectivity index (χ1) is 13.0. The number of hydrogen-bond donors (Lipinski definition) is 2. The number of amides is 1. The quantitative estimate of drug-likeness (QED) is 0.807. The molecule has 5 heteroatoms. The maximum Gasteiger partial charge on any atom is 0.335 e. The molecule has 0 aliphatic heterocycles. The minimum atomic E-state index is -0.946. The van der Waals surface area contributed by atoms with Crippen molar-refractivity contribution in [3.63, 3.8) is 0 Å². The van der Waals surface area contributed by atoms with Gasteiger partial charge in [-0.2, -0.15) is 0 Å². The molecule has 1 aliphatic carbocycles. The van der Waals surface area contributed by atoms with E-state index in [0.29, 0.717) is 12.3 Å². The van der Waals surface area contributed by atoms with Gasteiger partial charge in [-0.15, -0.1) is 0 Å². The summed E-state index contributed by atoms with van der Waals surface area (Å²) < 4.78 is 0. The number of rotatable bonds is 6. The van der Waals surface area contributed by atoms with Gasteiger partial charge in [0, 0.05) is 17.8 Å². The molecule has 1 heterocycles. The van der Waals surface area contributed by atoms with E-state index in [-0.39, 0.29) is 17.5 Å². The molecule has 1 aromatic heterocycles. The Bertz CT molecular complexity index is 778. The molecule has 0 bridgehead atoms. The third-order valence-corrected chi connectivity index (χ3v) is 5.36. The summed E-state index contributed by atoms with van der Waals surface area (Å²) in [6.45, 7) is 2.11. The highest BCUT2D eigenvalue weighted by molar-refractivity contribution is 5.88. The van der Waals surface area contributed by atoms with Crippen molar-refractivity contribution in [2.24, 2.45) is 5.92 Å². The summed E-state index contributed by atoms with van der Waals surface area (Å²) >= 11 is 0. The van der Waals surface area contributed by atoms with Gasteiger partial charge in [-0.3, -0.25) is 9.78 Å². The van der Waals surface area contributed by atoms with Crippen molar-refractivity contribution in [3.8, 4) is 11.3 Å². The number of benzene rings is 1. The zero-order chi connectivity index (χ0) is 19.2. The fourth-order valence-electron chi connectivity index (χ4n) is 3.73. The molecule has 142 valence electrons. The van der Waals surface area contributed by atoms with Crippen LogP contribution >= 0.6 is 0 Å². The van der Waals surface area contributed by atoms with Crippen LogP contribution in [-0.2, 0) is 11.2 Å². The number of aromatic nitrogens is 1. The fourth-order valence-corrected chi connectivity index (χ4v) is 3.73. The minimum Gasteiger partial charge on any atom is -0.478 e. The van der Waals surface area contributed by atoms with Gasteiger partial charge in [-0.05, 0) is 49.4 Å². The highest BCUT2D eigenvalue weighted by atomic mass is 16.4. The van der Waals surface area contributed by atoms with Crippen molar-refractivity contribution in [2.75, 3.05) is 0 Å². The first kappa shape index (κ1) is 19.1. The van der Waals surface area contributed by atoms with Crippen LogP contribution in [0.1, 0.15) is 54.9 Å². The van der Waals surface area contributed by atoms with Gasteiger partial charge < -0.3 is 10.4 Å². The summed E-state index contributed by atoms with van der Waals surface area (Å²) in [5.41, 5.74) is 2.72. The van der Waals surface area contributed by atoms with Gasteiger partial charge in [0.15, 0.2) is 0 Å². The lowest BCUT2D eigenvalue weighted by molar-refractivity contribution is -0.121. The summed E-state index contributed by atoms with van der Waals surface area (Å²) in [6, 6.07) is 10.6. The molecule has 0 saturated heterocycles. The van der Waals surface area contributed by atoms with Crippen molar-refractivity contribution in [2.45, 2.75) is 51.5 Å². The Morgan fingerprint density at radius 2 is 1.81 bits per heavy atom. The van der Waals surface area contributed by atoms with Crippen LogP contribution in [0.2, 0.25) is 0 Å². The number of nitrogens with zero attached hydrogens (tertiary/aromatic N) is 1. The van der Waals surface area contributed by atoms with Crippen molar-refractivity contribution in [3.05, 3.63) is 53.7 Å². The fraction of sp³-hybridized carbons (Fsp3) is 0.409. The van der Waals surface area contributed by atoms with Crippen molar-refractivity contribution in [1.29, 1.82) is 0 Å². The number of carbonyl (C=O) groups is 2. The van der Waals surface area contributed by atoms with Crippen LogP contribution in [-0.4, -0.2) is 28.0 Å². The van der Waals surface area contributed by atoms with Gasteiger partial charge in [0.2, 0.25) is 5.91 Å². The van der Waals surface area contributed by atoms with E-state index >= 15 is 0 Å². The normalized spacial score (nSPS) is 15.9. The van der Waals surface area contributed by atoms with Crippen LogP contribution in [0.25, 0.3) is 11.3 Å². The molecular formula is C22H26N2O3. The second kappa shape index (κ2) is 8.80. The molecule has 2 aromatic rings. The molecule has 2 N–H and O–H groups in total. The van der Waals surface area contributed by atoms with Crippen LogP contribution in [0.4, 0.5) is 0 Å². The van der Waals surface area contributed by atoms with E-state index in [2.05, 4.69) is 17.2 Å². The molecule has 1 saturated carbocycles. The molecule has 1 aliphatic rings. The smallest absolute Gasteiger partial charge is 0.335 e. The van der Waals surface area contributed by atoms with Crippen molar-refractivity contribution in [1.82, 2.24) is 10.3 Å². The summed E-state index contributed by atoms with van der Waals surface area (Å²) in [5.74, 6) is -0.316. The lowest BCUT2D eigenvalue weighted by Crippen LogP contribution is -2.39. The van der Waals surface area contributed by atoms with Gasteiger partial charge in [0.1, 0.15) is 0 Å². The van der Waals surface area contributed by atoms with Gasteiger partial charge in [-0.25, -0.2) is 4.79 Å². The predicted molar refractivity (Wildman–Crippen MR) is 105 cm³/mol. The van der Waals surface area contributed by atoms with E-state index in [0.717, 1.165) is 16.8 Å². The minimum absolute atomic E-state index is 0.0356. The molecule has 5 nitrogen and oxygen atoms in total.